The zero-order valence-corrected chi connectivity index (χ0v) is 12.1. The molecule has 2 aromatic rings. The van der Waals surface area contributed by atoms with Gasteiger partial charge in [-0.25, -0.2) is 4.98 Å². The van der Waals surface area contributed by atoms with Crippen LogP contribution in [0.3, 0.4) is 0 Å². The van der Waals surface area contributed by atoms with Crippen LogP contribution in [0.25, 0.3) is 11.0 Å². The minimum Gasteiger partial charge on any atom is -0.326 e. The number of para-hydroxylation sites is 1. The number of aromatic nitrogens is 2. The van der Waals surface area contributed by atoms with Gasteiger partial charge in [0, 0.05) is 6.54 Å². The normalized spacial score (nSPS) is 11.3. The maximum absolute atomic E-state index is 6.27. The Morgan fingerprint density at radius 3 is 2.78 bits per heavy atom. The fourth-order valence-electron chi connectivity index (χ4n) is 2.23. The molecular formula is C14H18Cl2N2. The molecular weight excluding hydrogens is 267 g/mol. The van der Waals surface area contributed by atoms with Crippen LogP contribution >= 0.6 is 23.2 Å². The van der Waals surface area contributed by atoms with Gasteiger partial charge in [0.2, 0.25) is 0 Å². The summed E-state index contributed by atoms with van der Waals surface area (Å²) in [6, 6.07) is 5.82. The summed E-state index contributed by atoms with van der Waals surface area (Å²) in [6.45, 7) is 3.16. The van der Waals surface area contributed by atoms with E-state index < -0.39 is 0 Å². The highest BCUT2D eigenvalue weighted by Gasteiger charge is 2.11. The van der Waals surface area contributed by atoms with Crippen molar-refractivity contribution in [1.29, 1.82) is 0 Å². The molecule has 1 heterocycles. The molecule has 0 spiro atoms. The van der Waals surface area contributed by atoms with Gasteiger partial charge >= 0.3 is 0 Å². The molecule has 0 N–H and O–H groups in total. The highest BCUT2D eigenvalue weighted by Crippen LogP contribution is 2.25. The topological polar surface area (TPSA) is 17.8 Å². The smallest absolute Gasteiger partial charge is 0.124 e. The zero-order valence-electron chi connectivity index (χ0n) is 10.6. The molecule has 0 amide bonds. The quantitative estimate of drug-likeness (QED) is 0.539. The third-order valence-electron chi connectivity index (χ3n) is 3.15. The second-order valence-corrected chi connectivity index (χ2v) is 5.16. The monoisotopic (exact) mass is 284 g/mol. The van der Waals surface area contributed by atoms with Gasteiger partial charge in [0.1, 0.15) is 5.82 Å². The Kier molecular flexibility index (Phi) is 4.90. The summed E-state index contributed by atoms with van der Waals surface area (Å²) in [5.74, 6) is 1.34. The molecule has 0 aliphatic heterocycles. The van der Waals surface area contributed by atoms with Gasteiger partial charge in [-0.3, -0.25) is 0 Å². The number of nitrogens with zero attached hydrogens (tertiary/aromatic N) is 2. The van der Waals surface area contributed by atoms with Gasteiger partial charge in [0.25, 0.3) is 0 Å². The molecule has 0 saturated carbocycles. The number of halogens is 2. The number of hydrogen-bond donors (Lipinski definition) is 0. The molecule has 0 fully saturated rings. The van der Waals surface area contributed by atoms with Crippen LogP contribution in [0.1, 0.15) is 38.4 Å². The lowest BCUT2D eigenvalue weighted by Crippen LogP contribution is -2.02. The van der Waals surface area contributed by atoms with E-state index >= 15 is 0 Å². The lowest BCUT2D eigenvalue weighted by Gasteiger charge is -2.08. The van der Waals surface area contributed by atoms with Crippen LogP contribution in [0.5, 0.6) is 0 Å². The number of hydrogen-bond acceptors (Lipinski definition) is 1. The lowest BCUT2D eigenvalue weighted by molar-refractivity contribution is 0.581. The summed E-state index contributed by atoms with van der Waals surface area (Å²) in [5, 5.41) is 0.756. The maximum atomic E-state index is 6.27. The predicted octanol–water partition coefficient (Wildman–Crippen LogP) is 5.01. The van der Waals surface area contributed by atoms with Crippen molar-refractivity contribution in [2.24, 2.45) is 0 Å². The van der Waals surface area contributed by atoms with E-state index in [9.17, 15) is 0 Å². The van der Waals surface area contributed by atoms with Gasteiger partial charge in [0.05, 0.1) is 21.9 Å². The summed E-state index contributed by atoms with van der Waals surface area (Å²) >= 11 is 12.2. The summed E-state index contributed by atoms with van der Waals surface area (Å²) < 4.78 is 2.17. The van der Waals surface area contributed by atoms with Crippen molar-refractivity contribution in [3.8, 4) is 0 Å². The van der Waals surface area contributed by atoms with Crippen LogP contribution in [0.15, 0.2) is 18.2 Å². The van der Waals surface area contributed by atoms with E-state index in [4.69, 9.17) is 23.2 Å². The van der Waals surface area contributed by atoms with Crippen LogP contribution in [-0.4, -0.2) is 9.55 Å². The van der Waals surface area contributed by atoms with Gasteiger partial charge in [0.15, 0.2) is 0 Å². The third kappa shape index (κ3) is 2.81. The summed E-state index contributed by atoms with van der Waals surface area (Å²) in [4.78, 5) is 4.54. The second-order valence-electron chi connectivity index (χ2n) is 4.48. The summed E-state index contributed by atoms with van der Waals surface area (Å²) in [7, 11) is 0. The Morgan fingerprint density at radius 2 is 2.06 bits per heavy atom. The molecule has 0 aliphatic carbocycles. The number of rotatable bonds is 6. The number of aryl methyl sites for hydroxylation is 1. The van der Waals surface area contributed by atoms with Crippen molar-refractivity contribution in [2.45, 2.75) is 45.0 Å². The molecule has 1 aromatic heterocycles. The number of imidazole rings is 1. The second kappa shape index (κ2) is 6.44. The first-order valence-corrected chi connectivity index (χ1v) is 7.38. The van der Waals surface area contributed by atoms with E-state index in [2.05, 4.69) is 16.5 Å². The minimum atomic E-state index is 0.429. The van der Waals surface area contributed by atoms with E-state index in [1.807, 2.05) is 18.2 Å². The Labute approximate surface area is 118 Å². The number of fused-ring (bicyclic) bond motifs is 1. The fourth-order valence-corrected chi connectivity index (χ4v) is 2.71. The average Bonchev–Trinajstić information content (AvgIpc) is 2.74. The third-order valence-corrected chi connectivity index (χ3v) is 3.70. The lowest BCUT2D eigenvalue weighted by atomic mass is 10.2. The number of alkyl halides is 1. The Hall–Kier alpha value is -0.730. The van der Waals surface area contributed by atoms with Gasteiger partial charge in [-0.15, -0.1) is 11.6 Å². The van der Waals surface area contributed by atoms with E-state index in [0.29, 0.717) is 5.88 Å². The highest BCUT2D eigenvalue weighted by molar-refractivity contribution is 6.35. The van der Waals surface area contributed by atoms with Crippen LogP contribution in [-0.2, 0) is 12.4 Å². The SMILES string of the molecule is CCCCCCn1c(CCl)nc2cccc(Cl)c21. The van der Waals surface area contributed by atoms with E-state index in [0.717, 1.165) is 34.8 Å². The fraction of sp³-hybridized carbons (Fsp3) is 0.500. The standard InChI is InChI=1S/C14H18Cl2N2/c1-2-3-4-5-9-18-13(10-15)17-12-8-6-7-11(16)14(12)18/h6-8H,2-5,9-10H2,1H3. The largest absolute Gasteiger partial charge is 0.326 e. The van der Waals surface area contributed by atoms with Crippen molar-refractivity contribution < 1.29 is 0 Å². The molecule has 18 heavy (non-hydrogen) atoms. The first-order chi connectivity index (χ1) is 8.77. The van der Waals surface area contributed by atoms with E-state index in [1.54, 1.807) is 0 Å². The van der Waals surface area contributed by atoms with Crippen LogP contribution in [0, 0.1) is 0 Å². The number of benzene rings is 1. The number of unbranched alkanes of at least 4 members (excludes halogenated alkanes) is 3. The van der Waals surface area contributed by atoms with Crippen molar-refractivity contribution >= 4 is 34.2 Å². The van der Waals surface area contributed by atoms with Gasteiger partial charge in [-0.05, 0) is 18.6 Å². The molecule has 2 rings (SSSR count). The van der Waals surface area contributed by atoms with Gasteiger partial charge < -0.3 is 4.57 Å². The van der Waals surface area contributed by atoms with Gasteiger partial charge in [-0.1, -0.05) is 43.9 Å². The zero-order chi connectivity index (χ0) is 13.0. The Bertz CT molecular complexity index is 520. The molecule has 2 nitrogen and oxygen atoms in total. The van der Waals surface area contributed by atoms with Crippen LogP contribution < -0.4 is 0 Å². The van der Waals surface area contributed by atoms with Crippen molar-refractivity contribution in [1.82, 2.24) is 9.55 Å². The molecule has 98 valence electrons. The molecule has 0 radical (unpaired) electrons. The Morgan fingerprint density at radius 1 is 1.22 bits per heavy atom. The molecule has 0 bridgehead atoms. The minimum absolute atomic E-state index is 0.429. The molecule has 1 aromatic carbocycles. The summed E-state index contributed by atoms with van der Waals surface area (Å²) in [6.07, 6.45) is 4.90. The highest BCUT2D eigenvalue weighted by atomic mass is 35.5. The summed E-state index contributed by atoms with van der Waals surface area (Å²) in [5.41, 5.74) is 1.96. The van der Waals surface area contributed by atoms with Crippen molar-refractivity contribution in [3.63, 3.8) is 0 Å². The van der Waals surface area contributed by atoms with Gasteiger partial charge in [-0.2, -0.15) is 0 Å². The van der Waals surface area contributed by atoms with E-state index in [-0.39, 0.29) is 0 Å². The molecule has 0 unspecified atom stereocenters. The van der Waals surface area contributed by atoms with E-state index in [1.165, 1.54) is 19.3 Å². The average molecular weight is 285 g/mol. The first-order valence-electron chi connectivity index (χ1n) is 6.47. The molecule has 0 atom stereocenters. The van der Waals surface area contributed by atoms with Crippen LogP contribution in [0.4, 0.5) is 0 Å². The molecule has 0 aliphatic rings. The molecule has 4 heteroatoms. The van der Waals surface area contributed by atoms with Crippen molar-refractivity contribution in [3.05, 3.63) is 29.0 Å². The van der Waals surface area contributed by atoms with Crippen molar-refractivity contribution in [2.75, 3.05) is 0 Å². The maximum Gasteiger partial charge on any atom is 0.124 e. The predicted molar refractivity (Wildman–Crippen MR) is 78.4 cm³/mol. The molecule has 0 saturated heterocycles. The first kappa shape index (κ1) is 13.7. The Balaban J connectivity index is 2.28. The van der Waals surface area contributed by atoms with Crippen LogP contribution in [0.2, 0.25) is 5.02 Å².